The van der Waals surface area contributed by atoms with Gasteiger partial charge in [-0.3, -0.25) is 0 Å². The average Bonchev–Trinajstić information content (AvgIpc) is 3.14. The van der Waals surface area contributed by atoms with Crippen LogP contribution in [0.15, 0.2) is 116 Å². The predicted octanol–water partition coefficient (Wildman–Crippen LogP) is 9.34. The molecule has 0 bridgehead atoms. The molecule has 257 valence electrons. The number of rotatable bonds is 3. The molecule has 0 atom stereocenters. The topological polar surface area (TPSA) is 44.2 Å². The van der Waals surface area contributed by atoms with Gasteiger partial charge in [0, 0.05) is 44.0 Å². The molecule has 0 amide bonds. The van der Waals surface area contributed by atoms with E-state index in [4.69, 9.17) is 14.5 Å². The summed E-state index contributed by atoms with van der Waals surface area (Å²) in [5, 5.41) is 0. The Morgan fingerprint density at radius 3 is 1.90 bits per heavy atom. The van der Waals surface area contributed by atoms with Crippen LogP contribution in [0, 0.1) is 53.7 Å². The van der Waals surface area contributed by atoms with Crippen molar-refractivity contribution in [3.8, 4) is 56.6 Å². The van der Waals surface area contributed by atoms with Gasteiger partial charge in [-0.05, 0) is 96.9 Å². The van der Waals surface area contributed by atoms with Crippen LogP contribution in [0.4, 0.5) is 0 Å². The van der Waals surface area contributed by atoms with Crippen LogP contribution in [0.3, 0.4) is 0 Å². The van der Waals surface area contributed by atoms with E-state index < -0.39 is 0 Å². The summed E-state index contributed by atoms with van der Waals surface area (Å²) >= 11 is 0. The molecule has 0 spiro atoms. The number of ether oxygens (including phenoxy) is 2. The van der Waals surface area contributed by atoms with Crippen molar-refractivity contribution in [3.63, 3.8) is 0 Å². The van der Waals surface area contributed by atoms with Gasteiger partial charge in [-0.15, -0.1) is 47.5 Å². The van der Waals surface area contributed by atoms with Gasteiger partial charge in [-0.1, -0.05) is 95.8 Å². The predicted molar refractivity (Wildman–Crippen MR) is 209 cm³/mol. The van der Waals surface area contributed by atoms with Gasteiger partial charge in [0.2, 0.25) is 6.71 Å². The number of hydrogen-bond acceptors (Lipinski definition) is 4. The van der Waals surface area contributed by atoms with Gasteiger partial charge in [-0.2, -0.15) is 0 Å². The molecular formula is C46H37BIrN2O2-2. The summed E-state index contributed by atoms with van der Waals surface area (Å²) in [7, 11) is 0. The van der Waals surface area contributed by atoms with Crippen LogP contribution in [0.25, 0.3) is 33.6 Å². The molecular weight excluding hydrogens is 816 g/mol. The maximum absolute atomic E-state index is 6.59. The average molecular weight is 853 g/mol. The fourth-order valence-corrected chi connectivity index (χ4v) is 7.01. The molecule has 0 unspecified atom stereocenters. The minimum Gasteiger partial charge on any atom is -0.503 e. The van der Waals surface area contributed by atoms with Gasteiger partial charge in [0.15, 0.2) is 0 Å². The largest absolute Gasteiger partial charge is 0.503 e. The summed E-state index contributed by atoms with van der Waals surface area (Å²) in [5.74, 6) is 3.30. The van der Waals surface area contributed by atoms with Gasteiger partial charge in [-0.25, -0.2) is 0 Å². The van der Waals surface area contributed by atoms with Crippen molar-refractivity contribution >= 4 is 23.1 Å². The van der Waals surface area contributed by atoms with Crippen molar-refractivity contribution in [3.05, 3.63) is 161 Å². The first-order valence-electron chi connectivity index (χ1n) is 17.3. The molecule has 1 radical (unpaired) electrons. The number of nitrogens with zero attached hydrogens (tertiary/aromatic N) is 2. The quantitative estimate of drug-likeness (QED) is 0.131. The molecule has 4 heterocycles. The number of fused-ring (bicyclic) bond motifs is 4. The summed E-state index contributed by atoms with van der Waals surface area (Å²) in [6.45, 7) is 12.7. The molecule has 4 nitrogen and oxygen atoms in total. The Hall–Kier alpha value is -5.29. The molecule has 2 aliphatic rings. The van der Waals surface area contributed by atoms with Crippen LogP contribution < -0.4 is 25.9 Å². The van der Waals surface area contributed by atoms with E-state index in [2.05, 4.69) is 125 Å². The first kappa shape index (κ1) is 35.1. The van der Waals surface area contributed by atoms with Gasteiger partial charge in [0.25, 0.3) is 0 Å². The van der Waals surface area contributed by atoms with Crippen LogP contribution in [0.5, 0.6) is 23.0 Å². The van der Waals surface area contributed by atoms with E-state index in [0.717, 1.165) is 67.5 Å². The zero-order chi connectivity index (χ0) is 35.2. The molecule has 0 N–H and O–H groups in total. The summed E-state index contributed by atoms with van der Waals surface area (Å²) in [6, 6.07) is 42.2. The summed E-state index contributed by atoms with van der Waals surface area (Å²) in [5.41, 5.74) is 16.8. The number of aromatic nitrogens is 2. The van der Waals surface area contributed by atoms with E-state index in [-0.39, 0.29) is 26.8 Å². The Labute approximate surface area is 320 Å². The van der Waals surface area contributed by atoms with Crippen molar-refractivity contribution in [2.24, 2.45) is 0 Å². The summed E-state index contributed by atoms with van der Waals surface area (Å²) in [6.07, 6.45) is 3.86. The van der Waals surface area contributed by atoms with E-state index in [1.165, 1.54) is 38.9 Å². The maximum Gasteiger partial charge on any atom is 0.239 e. The Bertz CT molecular complexity index is 2450. The number of hydrogen-bond donors (Lipinski definition) is 0. The molecule has 0 fully saturated rings. The van der Waals surface area contributed by atoms with Crippen molar-refractivity contribution in [2.75, 3.05) is 0 Å². The SMILES string of the molecule is Cc1c[c-]c(-c2cc(C)c(C)cn2)cc1.Cc1ccc(-c2cc(-c3[c-]cc4c5c3Oc3ccccc3B5c3ccccc3O4)ncc2C)c(C)c1.[Ir]. The molecule has 52 heavy (non-hydrogen) atoms. The minimum atomic E-state index is 0. The zero-order valence-corrected chi connectivity index (χ0v) is 32.5. The number of aryl methyl sites for hydroxylation is 6. The molecule has 0 saturated carbocycles. The van der Waals surface area contributed by atoms with E-state index >= 15 is 0 Å². The van der Waals surface area contributed by atoms with Gasteiger partial charge in [0.1, 0.15) is 11.5 Å². The van der Waals surface area contributed by atoms with Gasteiger partial charge >= 0.3 is 0 Å². The smallest absolute Gasteiger partial charge is 0.239 e. The van der Waals surface area contributed by atoms with Crippen LogP contribution in [0.1, 0.15) is 33.4 Å². The van der Waals surface area contributed by atoms with E-state index in [0.29, 0.717) is 0 Å². The Kier molecular flexibility index (Phi) is 9.72. The van der Waals surface area contributed by atoms with E-state index in [9.17, 15) is 0 Å². The third-order valence-electron chi connectivity index (χ3n) is 9.91. The van der Waals surface area contributed by atoms with E-state index in [1.54, 1.807) is 0 Å². The van der Waals surface area contributed by atoms with Crippen molar-refractivity contribution < 1.29 is 29.6 Å². The Morgan fingerprint density at radius 1 is 0.538 bits per heavy atom. The zero-order valence-electron chi connectivity index (χ0n) is 30.1. The fourth-order valence-electron chi connectivity index (χ4n) is 7.01. The molecule has 0 saturated heterocycles. The first-order valence-corrected chi connectivity index (χ1v) is 17.3. The molecule has 5 aromatic carbocycles. The number of benzene rings is 5. The molecule has 6 heteroatoms. The Morgan fingerprint density at radius 2 is 1.21 bits per heavy atom. The second kappa shape index (κ2) is 14.4. The van der Waals surface area contributed by atoms with Gasteiger partial charge in [0.05, 0.1) is 0 Å². The van der Waals surface area contributed by atoms with Crippen LogP contribution in [-0.4, -0.2) is 16.7 Å². The second-order valence-electron chi connectivity index (χ2n) is 13.6. The van der Waals surface area contributed by atoms with Gasteiger partial charge < -0.3 is 19.4 Å². The third kappa shape index (κ3) is 6.49. The number of para-hydroxylation sites is 2. The molecule has 0 aliphatic carbocycles. The number of pyridine rings is 2. The third-order valence-corrected chi connectivity index (χ3v) is 9.91. The van der Waals surface area contributed by atoms with Crippen molar-refractivity contribution in [2.45, 2.75) is 41.5 Å². The maximum atomic E-state index is 6.59. The van der Waals surface area contributed by atoms with Crippen LogP contribution in [-0.2, 0) is 20.1 Å². The molecule has 9 rings (SSSR count). The molecule has 2 aromatic heterocycles. The second-order valence-corrected chi connectivity index (χ2v) is 13.6. The summed E-state index contributed by atoms with van der Waals surface area (Å²) in [4.78, 5) is 9.24. The standard InChI is InChI=1S/C32H23BNO2.C14H14N.Ir/c1-19-12-13-22(20(2)16-19)24-17-27(34-18-21(24)3)23-14-15-30-31-32(23)36-29-11-7-5-9-26(29)33(31)25-8-4-6-10-28(25)35-30;1-10-4-6-13(7-5-10)14-8-11(2)12(3)9-15-14;/h4-13,15-18H,1-3H3;4-6,8-9H,1-3H3;/q2*-1;. The van der Waals surface area contributed by atoms with E-state index in [1.807, 2.05) is 48.8 Å². The Balaban J connectivity index is 0.000000222. The molecule has 2 aliphatic heterocycles. The van der Waals surface area contributed by atoms with Crippen molar-refractivity contribution in [1.82, 2.24) is 9.97 Å². The molecule has 7 aromatic rings. The van der Waals surface area contributed by atoms with Crippen LogP contribution in [0.2, 0.25) is 0 Å². The fraction of sp³-hybridized carbons (Fsp3) is 0.130. The first-order chi connectivity index (χ1) is 24.7. The monoisotopic (exact) mass is 853 g/mol. The normalized spacial score (nSPS) is 11.8. The van der Waals surface area contributed by atoms with Crippen molar-refractivity contribution in [1.29, 1.82) is 0 Å². The van der Waals surface area contributed by atoms with Crippen LogP contribution >= 0.6 is 0 Å². The summed E-state index contributed by atoms with van der Waals surface area (Å²) < 4.78 is 12.9. The minimum absolute atomic E-state index is 0.